The number of methoxy groups -OCH3 is 1. The average molecular weight is 365 g/mol. The van der Waals surface area contributed by atoms with Gasteiger partial charge in [0.1, 0.15) is 17.3 Å². The highest BCUT2D eigenvalue weighted by molar-refractivity contribution is 7.97. The summed E-state index contributed by atoms with van der Waals surface area (Å²) in [6.07, 6.45) is 3.73. The highest BCUT2D eigenvalue weighted by Gasteiger charge is 2.43. The average Bonchev–Trinajstić information content (AvgIpc) is 3.22. The SMILES string of the molecule is COc1cc(F)ccc1SN1C2CCC1CN(C(=O)C1=CNNN1)C2. The smallest absolute Gasteiger partial charge is 0.273 e. The van der Waals surface area contributed by atoms with Gasteiger partial charge in [-0.05, 0) is 36.9 Å². The Morgan fingerprint density at radius 2 is 2.08 bits per heavy atom. The number of ether oxygens (including phenoxy) is 1. The summed E-state index contributed by atoms with van der Waals surface area (Å²) in [5.74, 6) is 0.234. The third kappa shape index (κ3) is 3.14. The monoisotopic (exact) mass is 365 g/mol. The number of halogens is 1. The number of carbonyl (C=O) groups excluding carboxylic acids is 1. The Labute approximate surface area is 149 Å². The number of hydrazine groups is 2. The van der Waals surface area contributed by atoms with Gasteiger partial charge in [-0.15, -0.1) is 0 Å². The predicted molar refractivity (Wildman–Crippen MR) is 91.5 cm³/mol. The van der Waals surface area contributed by atoms with E-state index in [1.165, 1.54) is 12.1 Å². The quantitative estimate of drug-likeness (QED) is 0.687. The summed E-state index contributed by atoms with van der Waals surface area (Å²) in [6, 6.07) is 5.17. The summed E-state index contributed by atoms with van der Waals surface area (Å²) in [7, 11) is 1.55. The standard InChI is InChI=1S/C16H20FN5O2S/c1-24-14-6-10(17)2-5-15(14)25-22-11-3-4-12(22)9-21(8-11)16(23)13-7-18-20-19-13/h2,5-7,11-12,18-20H,3-4,8-9H2,1H3. The van der Waals surface area contributed by atoms with E-state index >= 15 is 0 Å². The third-order valence-corrected chi connectivity index (χ3v) is 6.09. The van der Waals surface area contributed by atoms with Crippen LogP contribution in [-0.2, 0) is 4.79 Å². The summed E-state index contributed by atoms with van der Waals surface area (Å²) in [5, 5.41) is 0. The molecule has 4 rings (SSSR count). The molecule has 7 nitrogen and oxygen atoms in total. The molecular weight excluding hydrogens is 345 g/mol. The van der Waals surface area contributed by atoms with Crippen molar-refractivity contribution in [2.24, 2.45) is 0 Å². The number of rotatable bonds is 4. The van der Waals surface area contributed by atoms with Crippen molar-refractivity contribution < 1.29 is 13.9 Å². The second-order valence-corrected chi connectivity index (χ2v) is 7.34. The summed E-state index contributed by atoms with van der Waals surface area (Å²) >= 11 is 1.60. The molecule has 1 aromatic carbocycles. The minimum atomic E-state index is -0.306. The summed E-state index contributed by atoms with van der Waals surface area (Å²) in [6.45, 7) is 1.37. The van der Waals surface area contributed by atoms with Gasteiger partial charge in [0.05, 0.1) is 12.0 Å². The van der Waals surface area contributed by atoms with Crippen molar-refractivity contribution >= 4 is 17.9 Å². The maximum absolute atomic E-state index is 13.4. The fourth-order valence-electron chi connectivity index (χ4n) is 3.54. The second kappa shape index (κ2) is 6.74. The maximum Gasteiger partial charge on any atom is 0.273 e. The first-order chi connectivity index (χ1) is 12.2. The molecule has 2 unspecified atom stereocenters. The summed E-state index contributed by atoms with van der Waals surface area (Å²) in [4.78, 5) is 15.3. The van der Waals surface area contributed by atoms with Crippen molar-refractivity contribution in [1.29, 1.82) is 0 Å². The van der Waals surface area contributed by atoms with E-state index in [1.54, 1.807) is 31.3 Å². The minimum Gasteiger partial charge on any atom is -0.495 e. The van der Waals surface area contributed by atoms with E-state index in [0.717, 1.165) is 17.7 Å². The Bertz CT molecular complexity index is 702. The van der Waals surface area contributed by atoms with Gasteiger partial charge in [0.2, 0.25) is 0 Å². The highest BCUT2D eigenvalue weighted by Crippen LogP contribution is 2.42. The Balaban J connectivity index is 1.47. The number of hydrogen-bond acceptors (Lipinski definition) is 7. The van der Waals surface area contributed by atoms with Gasteiger partial charge in [-0.2, -0.15) is 5.53 Å². The van der Waals surface area contributed by atoms with Crippen LogP contribution in [0.25, 0.3) is 0 Å². The first-order valence-corrected chi connectivity index (χ1v) is 8.99. The number of likely N-dealkylation sites (tertiary alicyclic amines) is 1. The lowest BCUT2D eigenvalue weighted by Crippen LogP contribution is -2.53. The van der Waals surface area contributed by atoms with Crippen LogP contribution in [0.4, 0.5) is 4.39 Å². The maximum atomic E-state index is 13.4. The number of hydrogen-bond donors (Lipinski definition) is 3. The van der Waals surface area contributed by atoms with E-state index < -0.39 is 0 Å². The van der Waals surface area contributed by atoms with Crippen LogP contribution in [-0.4, -0.2) is 47.4 Å². The first kappa shape index (κ1) is 16.5. The van der Waals surface area contributed by atoms with E-state index in [1.807, 2.05) is 4.90 Å². The lowest BCUT2D eigenvalue weighted by atomic mass is 10.2. The van der Waals surface area contributed by atoms with Gasteiger partial charge < -0.3 is 15.1 Å². The van der Waals surface area contributed by atoms with Crippen molar-refractivity contribution in [2.45, 2.75) is 29.8 Å². The number of nitrogens with one attached hydrogen (secondary N) is 3. The molecule has 1 aromatic rings. The molecule has 2 bridgehead atoms. The first-order valence-electron chi connectivity index (χ1n) is 8.21. The number of piperazine rings is 1. The Kier molecular flexibility index (Phi) is 4.45. The summed E-state index contributed by atoms with van der Waals surface area (Å²) in [5.41, 5.74) is 8.79. The number of nitrogens with zero attached hydrogens (tertiary/aromatic N) is 2. The summed E-state index contributed by atoms with van der Waals surface area (Å²) < 4.78 is 21.0. The van der Waals surface area contributed by atoms with E-state index in [4.69, 9.17) is 4.74 Å². The third-order valence-electron chi connectivity index (χ3n) is 4.75. The molecule has 3 N–H and O–H groups in total. The van der Waals surface area contributed by atoms with Crippen molar-refractivity contribution in [3.8, 4) is 5.75 Å². The zero-order valence-corrected chi connectivity index (χ0v) is 14.6. The molecule has 0 radical (unpaired) electrons. The van der Waals surface area contributed by atoms with Crippen LogP contribution in [0.2, 0.25) is 0 Å². The Morgan fingerprint density at radius 3 is 2.72 bits per heavy atom. The predicted octanol–water partition coefficient (Wildman–Crippen LogP) is 0.970. The topological polar surface area (TPSA) is 68.9 Å². The van der Waals surface area contributed by atoms with Gasteiger partial charge in [0.15, 0.2) is 0 Å². The Morgan fingerprint density at radius 1 is 1.32 bits per heavy atom. The van der Waals surface area contributed by atoms with Gasteiger partial charge in [-0.3, -0.25) is 10.2 Å². The molecule has 1 amide bonds. The van der Waals surface area contributed by atoms with Gasteiger partial charge in [-0.25, -0.2) is 8.70 Å². The lowest BCUT2D eigenvalue weighted by Gasteiger charge is -2.40. The van der Waals surface area contributed by atoms with Crippen molar-refractivity contribution in [3.05, 3.63) is 35.9 Å². The fourth-order valence-corrected chi connectivity index (χ4v) is 4.77. The molecule has 0 aromatic heterocycles. The van der Waals surface area contributed by atoms with E-state index in [-0.39, 0.29) is 23.8 Å². The molecule has 3 heterocycles. The fraction of sp³-hybridized carbons (Fsp3) is 0.438. The van der Waals surface area contributed by atoms with Crippen LogP contribution in [0, 0.1) is 5.82 Å². The molecule has 0 saturated carbocycles. The van der Waals surface area contributed by atoms with E-state index in [2.05, 4.69) is 20.7 Å². The molecule has 25 heavy (non-hydrogen) atoms. The number of amides is 1. The van der Waals surface area contributed by atoms with Crippen LogP contribution >= 0.6 is 11.9 Å². The second-order valence-electron chi connectivity index (χ2n) is 6.29. The molecule has 134 valence electrons. The Hall–Kier alpha value is -1.97. The van der Waals surface area contributed by atoms with Gasteiger partial charge in [0.25, 0.3) is 5.91 Å². The molecule has 2 fully saturated rings. The van der Waals surface area contributed by atoms with E-state index in [0.29, 0.717) is 24.5 Å². The van der Waals surface area contributed by atoms with Gasteiger partial charge in [-0.1, -0.05) is 0 Å². The van der Waals surface area contributed by atoms with Crippen LogP contribution in [0.5, 0.6) is 5.75 Å². The zero-order valence-electron chi connectivity index (χ0n) is 13.8. The van der Waals surface area contributed by atoms with Crippen molar-refractivity contribution in [1.82, 2.24) is 25.6 Å². The molecule has 0 spiro atoms. The number of benzene rings is 1. The van der Waals surface area contributed by atoms with Crippen LogP contribution < -0.4 is 21.1 Å². The molecule has 3 aliphatic rings. The molecular formula is C16H20FN5O2S. The van der Waals surface area contributed by atoms with Crippen molar-refractivity contribution in [2.75, 3.05) is 20.2 Å². The zero-order chi connectivity index (χ0) is 17.4. The highest BCUT2D eigenvalue weighted by atomic mass is 32.2. The molecule has 2 atom stereocenters. The van der Waals surface area contributed by atoms with E-state index in [9.17, 15) is 9.18 Å². The normalized spacial score (nSPS) is 25.4. The number of fused-ring (bicyclic) bond motifs is 2. The molecule has 0 aliphatic carbocycles. The van der Waals surface area contributed by atoms with Gasteiger partial charge in [0, 0.05) is 37.4 Å². The number of carbonyl (C=O) groups is 1. The van der Waals surface area contributed by atoms with Crippen LogP contribution in [0.15, 0.2) is 35.0 Å². The van der Waals surface area contributed by atoms with Crippen LogP contribution in [0.3, 0.4) is 0 Å². The minimum absolute atomic E-state index is 0.00147. The van der Waals surface area contributed by atoms with Gasteiger partial charge >= 0.3 is 0 Å². The molecule has 3 aliphatic heterocycles. The lowest BCUT2D eigenvalue weighted by molar-refractivity contribution is -0.129. The molecule has 9 heteroatoms. The largest absolute Gasteiger partial charge is 0.495 e. The van der Waals surface area contributed by atoms with Crippen LogP contribution in [0.1, 0.15) is 12.8 Å². The molecule has 2 saturated heterocycles. The van der Waals surface area contributed by atoms with Crippen molar-refractivity contribution in [3.63, 3.8) is 0 Å².